The minimum atomic E-state index is -0.217. The number of carbonyl (C=O) groups excluding carboxylic acids is 1. The standard InChI is InChI=1S/C16H25N3O2S/c1-4-13-14(5-2)19(10-11(3)20)17-15(13)16(22)18-8-6-12(21)7-9-18/h12,21H,4-10H2,1-3H3. The average Bonchev–Trinajstić information content (AvgIpc) is 2.83. The molecule has 0 amide bonds. The molecule has 2 heterocycles. The van der Waals surface area contributed by atoms with Crippen LogP contribution >= 0.6 is 12.2 Å². The van der Waals surface area contributed by atoms with E-state index in [1.54, 1.807) is 6.92 Å². The lowest BCUT2D eigenvalue weighted by molar-refractivity contribution is -0.117. The summed E-state index contributed by atoms with van der Waals surface area (Å²) in [5.41, 5.74) is 3.10. The number of aliphatic hydroxyl groups is 1. The number of Topliss-reactive ketones (excluding diaryl/α,β-unsaturated/α-hetero) is 1. The number of hydrogen-bond acceptors (Lipinski definition) is 4. The Morgan fingerprint density at radius 2 is 1.95 bits per heavy atom. The zero-order chi connectivity index (χ0) is 16.3. The lowest BCUT2D eigenvalue weighted by atomic mass is 10.1. The van der Waals surface area contributed by atoms with Gasteiger partial charge in [0.15, 0.2) is 5.78 Å². The highest BCUT2D eigenvalue weighted by Crippen LogP contribution is 2.21. The summed E-state index contributed by atoms with van der Waals surface area (Å²) >= 11 is 5.65. The van der Waals surface area contributed by atoms with Crippen molar-refractivity contribution >= 4 is 23.0 Å². The van der Waals surface area contributed by atoms with Gasteiger partial charge in [0.25, 0.3) is 0 Å². The van der Waals surface area contributed by atoms with E-state index >= 15 is 0 Å². The number of piperidine rings is 1. The van der Waals surface area contributed by atoms with Crippen molar-refractivity contribution in [3.05, 3.63) is 17.0 Å². The second-order valence-corrected chi connectivity index (χ2v) is 6.25. The van der Waals surface area contributed by atoms with Gasteiger partial charge in [-0.25, -0.2) is 0 Å². The van der Waals surface area contributed by atoms with Crippen LogP contribution < -0.4 is 0 Å². The predicted molar refractivity (Wildman–Crippen MR) is 90.2 cm³/mol. The summed E-state index contributed by atoms with van der Waals surface area (Å²) in [6.45, 7) is 7.60. The molecule has 0 unspecified atom stereocenters. The summed E-state index contributed by atoms with van der Waals surface area (Å²) in [6, 6.07) is 0. The van der Waals surface area contributed by atoms with Crippen molar-refractivity contribution in [3.8, 4) is 0 Å². The third kappa shape index (κ3) is 3.55. The second kappa shape index (κ2) is 7.33. The van der Waals surface area contributed by atoms with Crippen LogP contribution in [0, 0.1) is 0 Å². The van der Waals surface area contributed by atoms with Gasteiger partial charge in [-0.3, -0.25) is 9.48 Å². The highest BCUT2D eigenvalue weighted by molar-refractivity contribution is 7.80. The largest absolute Gasteiger partial charge is 0.393 e. The number of carbonyl (C=O) groups is 1. The molecule has 2 rings (SSSR count). The van der Waals surface area contributed by atoms with Gasteiger partial charge in [-0.2, -0.15) is 5.10 Å². The number of nitrogens with zero attached hydrogens (tertiary/aromatic N) is 3. The first kappa shape index (κ1) is 17.1. The van der Waals surface area contributed by atoms with E-state index in [2.05, 4.69) is 23.8 Å². The molecule has 1 aliphatic heterocycles. The van der Waals surface area contributed by atoms with Crippen LogP contribution in [-0.2, 0) is 24.2 Å². The molecule has 122 valence electrons. The molecule has 1 N–H and O–H groups in total. The Hall–Kier alpha value is -1.27. The number of rotatable bonds is 5. The maximum absolute atomic E-state index is 11.5. The van der Waals surface area contributed by atoms with Crippen LogP contribution in [0.4, 0.5) is 0 Å². The molecule has 1 aliphatic rings. The molecule has 0 aliphatic carbocycles. The summed E-state index contributed by atoms with van der Waals surface area (Å²) in [6.07, 6.45) is 2.97. The normalized spacial score (nSPS) is 16.1. The van der Waals surface area contributed by atoms with E-state index in [0.717, 1.165) is 60.7 Å². The molecule has 1 saturated heterocycles. The third-order valence-corrected chi connectivity index (χ3v) is 4.63. The number of ketones is 1. The molecule has 0 atom stereocenters. The van der Waals surface area contributed by atoms with Crippen molar-refractivity contribution in [1.29, 1.82) is 0 Å². The van der Waals surface area contributed by atoms with Crippen LogP contribution in [0.15, 0.2) is 0 Å². The van der Waals surface area contributed by atoms with Gasteiger partial charge in [0.05, 0.1) is 12.6 Å². The van der Waals surface area contributed by atoms with Crippen LogP contribution in [0.25, 0.3) is 0 Å². The summed E-state index contributed by atoms with van der Waals surface area (Å²) in [4.78, 5) is 14.3. The smallest absolute Gasteiger partial charge is 0.151 e. The van der Waals surface area contributed by atoms with E-state index in [1.165, 1.54) is 0 Å². The predicted octanol–water partition coefficient (Wildman–Crippen LogP) is 1.73. The van der Waals surface area contributed by atoms with Crippen molar-refractivity contribution in [2.45, 2.75) is 59.1 Å². The molecule has 1 fully saturated rings. The molecular formula is C16H25N3O2S. The van der Waals surface area contributed by atoms with Crippen LogP contribution in [-0.4, -0.2) is 49.8 Å². The van der Waals surface area contributed by atoms with Crippen molar-refractivity contribution in [3.63, 3.8) is 0 Å². The molecule has 1 aromatic heterocycles. The van der Waals surface area contributed by atoms with Crippen LogP contribution in [0.3, 0.4) is 0 Å². The molecule has 0 radical (unpaired) electrons. The Balaban J connectivity index is 2.31. The van der Waals surface area contributed by atoms with Gasteiger partial charge in [-0.1, -0.05) is 26.1 Å². The van der Waals surface area contributed by atoms with E-state index in [0.29, 0.717) is 6.54 Å². The monoisotopic (exact) mass is 323 g/mol. The Bertz CT molecular complexity index is 560. The summed E-state index contributed by atoms with van der Waals surface area (Å²) < 4.78 is 1.81. The fourth-order valence-electron chi connectivity index (χ4n) is 3.03. The van der Waals surface area contributed by atoms with E-state index in [9.17, 15) is 9.90 Å². The topological polar surface area (TPSA) is 58.4 Å². The molecule has 6 heteroatoms. The molecule has 1 aromatic rings. The highest BCUT2D eigenvalue weighted by atomic mass is 32.1. The Morgan fingerprint density at radius 3 is 2.45 bits per heavy atom. The Morgan fingerprint density at radius 1 is 1.32 bits per heavy atom. The number of aliphatic hydroxyl groups excluding tert-OH is 1. The molecular weight excluding hydrogens is 298 g/mol. The van der Waals surface area contributed by atoms with Gasteiger partial charge in [0.2, 0.25) is 0 Å². The Kier molecular flexibility index (Phi) is 5.69. The van der Waals surface area contributed by atoms with Gasteiger partial charge in [-0.05, 0) is 32.6 Å². The second-order valence-electron chi connectivity index (χ2n) is 5.86. The van der Waals surface area contributed by atoms with E-state index in [-0.39, 0.29) is 11.9 Å². The number of hydrogen-bond donors (Lipinski definition) is 1. The molecule has 0 bridgehead atoms. The van der Waals surface area contributed by atoms with E-state index < -0.39 is 0 Å². The molecule has 0 spiro atoms. The highest BCUT2D eigenvalue weighted by Gasteiger charge is 2.25. The maximum atomic E-state index is 11.5. The SMILES string of the molecule is CCc1c(C(=S)N2CCC(O)CC2)nn(CC(C)=O)c1CC. The summed E-state index contributed by atoms with van der Waals surface area (Å²) in [5.74, 6) is 0.0958. The lowest BCUT2D eigenvalue weighted by Crippen LogP contribution is -2.40. The van der Waals surface area contributed by atoms with Crippen LogP contribution in [0.5, 0.6) is 0 Å². The van der Waals surface area contributed by atoms with Gasteiger partial charge in [0.1, 0.15) is 10.7 Å². The molecule has 0 saturated carbocycles. The van der Waals surface area contributed by atoms with Crippen molar-refractivity contribution in [2.75, 3.05) is 13.1 Å². The zero-order valence-electron chi connectivity index (χ0n) is 13.6. The first-order valence-electron chi connectivity index (χ1n) is 8.03. The third-order valence-electron chi connectivity index (χ3n) is 4.18. The Labute approximate surface area is 137 Å². The fraction of sp³-hybridized carbons (Fsp3) is 0.688. The quantitative estimate of drug-likeness (QED) is 0.836. The van der Waals surface area contributed by atoms with Crippen LogP contribution in [0.1, 0.15) is 50.6 Å². The van der Waals surface area contributed by atoms with Crippen molar-refractivity contribution in [1.82, 2.24) is 14.7 Å². The number of aromatic nitrogens is 2. The van der Waals surface area contributed by atoms with Crippen molar-refractivity contribution in [2.24, 2.45) is 0 Å². The molecule has 0 aromatic carbocycles. The van der Waals surface area contributed by atoms with Gasteiger partial charge in [0, 0.05) is 24.3 Å². The summed E-state index contributed by atoms with van der Waals surface area (Å²) in [5, 5.41) is 14.3. The van der Waals surface area contributed by atoms with E-state index in [1.807, 2.05) is 4.68 Å². The minimum Gasteiger partial charge on any atom is -0.393 e. The fourth-order valence-corrected chi connectivity index (χ4v) is 3.38. The zero-order valence-corrected chi connectivity index (χ0v) is 14.4. The minimum absolute atomic E-state index is 0.0958. The van der Waals surface area contributed by atoms with E-state index in [4.69, 9.17) is 12.2 Å². The number of likely N-dealkylation sites (tertiary alicyclic amines) is 1. The maximum Gasteiger partial charge on any atom is 0.151 e. The van der Waals surface area contributed by atoms with Gasteiger partial charge in [-0.15, -0.1) is 0 Å². The van der Waals surface area contributed by atoms with Gasteiger partial charge < -0.3 is 10.0 Å². The van der Waals surface area contributed by atoms with Crippen LogP contribution in [0.2, 0.25) is 0 Å². The lowest BCUT2D eigenvalue weighted by Gasteiger charge is -2.31. The average molecular weight is 323 g/mol. The van der Waals surface area contributed by atoms with Gasteiger partial charge >= 0.3 is 0 Å². The number of thiocarbonyl (C=S) groups is 1. The van der Waals surface area contributed by atoms with Crippen molar-refractivity contribution < 1.29 is 9.90 Å². The first-order valence-corrected chi connectivity index (χ1v) is 8.44. The molecule has 22 heavy (non-hydrogen) atoms. The molecule has 5 nitrogen and oxygen atoms in total. The first-order chi connectivity index (χ1) is 10.5. The summed E-state index contributed by atoms with van der Waals surface area (Å²) in [7, 11) is 0.